The molecule has 4 aromatic rings. The lowest BCUT2D eigenvalue weighted by atomic mass is 9.94. The number of hydrogen-bond acceptors (Lipinski definition) is 5. The molecule has 3 N–H and O–H groups in total. The number of rotatable bonds is 4. The maximum Gasteiger partial charge on any atom is 0.421 e. The molecule has 31 heavy (non-hydrogen) atoms. The zero-order valence-electron chi connectivity index (χ0n) is 16.8. The van der Waals surface area contributed by atoms with Crippen molar-refractivity contribution in [1.29, 1.82) is 0 Å². The number of alkyl halides is 3. The highest BCUT2D eigenvalue weighted by Gasteiger charge is 2.51. The summed E-state index contributed by atoms with van der Waals surface area (Å²) >= 11 is 1.46. The maximum absolute atomic E-state index is 13.3. The van der Waals surface area contributed by atoms with Gasteiger partial charge in [-0.05, 0) is 54.6 Å². The van der Waals surface area contributed by atoms with E-state index in [0.29, 0.717) is 11.3 Å². The lowest BCUT2D eigenvalue weighted by Crippen LogP contribution is -2.39. The van der Waals surface area contributed by atoms with Gasteiger partial charge in [0.15, 0.2) is 5.60 Å². The SMILES string of the molecule is Cc1cccnc1[C@@H](N)c1cc2cccc(-c3cc([C@@](C)(O)C(F)(F)F)ccn3)c2s1. The molecule has 0 radical (unpaired) electrons. The lowest BCUT2D eigenvalue weighted by molar-refractivity contribution is -0.258. The van der Waals surface area contributed by atoms with Crippen LogP contribution in [0, 0.1) is 6.92 Å². The smallest absolute Gasteiger partial charge is 0.376 e. The van der Waals surface area contributed by atoms with Gasteiger partial charge in [-0.1, -0.05) is 24.3 Å². The number of benzene rings is 1. The maximum atomic E-state index is 13.3. The van der Waals surface area contributed by atoms with E-state index in [1.807, 2.05) is 37.3 Å². The molecule has 1 aromatic carbocycles. The molecule has 2 atom stereocenters. The van der Waals surface area contributed by atoms with Crippen LogP contribution in [-0.4, -0.2) is 21.3 Å². The van der Waals surface area contributed by atoms with Gasteiger partial charge in [0.2, 0.25) is 0 Å². The van der Waals surface area contributed by atoms with Crippen LogP contribution in [0.5, 0.6) is 0 Å². The Hall–Kier alpha value is -2.81. The number of aromatic nitrogens is 2. The second-order valence-corrected chi connectivity index (χ2v) is 8.64. The van der Waals surface area contributed by atoms with Crippen molar-refractivity contribution < 1.29 is 18.3 Å². The van der Waals surface area contributed by atoms with Crippen LogP contribution in [-0.2, 0) is 5.60 Å². The van der Waals surface area contributed by atoms with Gasteiger partial charge in [0.05, 0.1) is 17.4 Å². The Morgan fingerprint density at radius 3 is 2.52 bits per heavy atom. The van der Waals surface area contributed by atoms with Gasteiger partial charge in [-0.3, -0.25) is 9.97 Å². The molecule has 0 spiro atoms. The quantitative estimate of drug-likeness (QED) is 0.438. The highest BCUT2D eigenvalue weighted by Crippen LogP contribution is 2.41. The van der Waals surface area contributed by atoms with E-state index in [1.54, 1.807) is 12.3 Å². The normalized spacial score (nSPS) is 15.1. The minimum atomic E-state index is -4.80. The van der Waals surface area contributed by atoms with Crippen LogP contribution in [0.4, 0.5) is 13.2 Å². The van der Waals surface area contributed by atoms with Gasteiger partial charge >= 0.3 is 6.18 Å². The third-order valence-corrected chi connectivity index (χ3v) is 6.63. The number of aliphatic hydroxyl groups is 1. The van der Waals surface area contributed by atoms with Crippen LogP contribution in [0.15, 0.2) is 60.9 Å². The average molecular weight is 443 g/mol. The van der Waals surface area contributed by atoms with Crippen molar-refractivity contribution in [3.05, 3.63) is 82.6 Å². The number of aryl methyl sites for hydroxylation is 1. The summed E-state index contributed by atoms with van der Waals surface area (Å²) in [7, 11) is 0. The molecule has 4 nitrogen and oxygen atoms in total. The molecule has 0 aliphatic carbocycles. The summed E-state index contributed by atoms with van der Waals surface area (Å²) in [5, 5.41) is 11.0. The van der Waals surface area contributed by atoms with Crippen molar-refractivity contribution in [2.45, 2.75) is 31.7 Å². The summed E-state index contributed by atoms with van der Waals surface area (Å²) < 4.78 is 40.8. The second kappa shape index (κ2) is 7.71. The molecule has 3 aromatic heterocycles. The van der Waals surface area contributed by atoms with Crippen molar-refractivity contribution in [2.24, 2.45) is 5.73 Å². The van der Waals surface area contributed by atoms with Gasteiger partial charge in [-0.25, -0.2) is 0 Å². The Balaban J connectivity index is 1.80. The second-order valence-electron chi connectivity index (χ2n) is 7.56. The Morgan fingerprint density at radius 2 is 1.81 bits per heavy atom. The molecule has 3 heterocycles. The number of nitrogens with zero attached hydrogens (tertiary/aromatic N) is 2. The number of thiophene rings is 1. The zero-order chi connectivity index (χ0) is 22.4. The molecule has 0 unspecified atom stereocenters. The summed E-state index contributed by atoms with van der Waals surface area (Å²) in [6, 6.07) is 13.4. The van der Waals surface area contributed by atoms with E-state index in [-0.39, 0.29) is 5.56 Å². The number of hydrogen-bond donors (Lipinski definition) is 2. The van der Waals surface area contributed by atoms with Gasteiger partial charge in [0.1, 0.15) is 0 Å². The van der Waals surface area contributed by atoms with Gasteiger partial charge in [-0.2, -0.15) is 13.2 Å². The van der Waals surface area contributed by atoms with Crippen molar-refractivity contribution in [1.82, 2.24) is 9.97 Å². The molecular weight excluding hydrogens is 423 g/mol. The molecule has 4 rings (SSSR count). The van der Waals surface area contributed by atoms with E-state index in [1.165, 1.54) is 29.7 Å². The third kappa shape index (κ3) is 3.82. The Labute approximate surface area is 181 Å². The highest BCUT2D eigenvalue weighted by molar-refractivity contribution is 7.19. The first-order chi connectivity index (χ1) is 14.6. The topological polar surface area (TPSA) is 72.0 Å². The molecule has 8 heteroatoms. The Kier molecular flexibility index (Phi) is 5.33. The van der Waals surface area contributed by atoms with Crippen molar-refractivity contribution in [3.63, 3.8) is 0 Å². The molecule has 0 saturated carbocycles. The van der Waals surface area contributed by atoms with Crippen LogP contribution in [0.2, 0.25) is 0 Å². The molecule has 0 bridgehead atoms. The van der Waals surface area contributed by atoms with E-state index in [9.17, 15) is 18.3 Å². The first-order valence-electron chi connectivity index (χ1n) is 9.55. The largest absolute Gasteiger partial charge is 0.421 e. The number of halogens is 3. The molecule has 0 aliphatic heterocycles. The van der Waals surface area contributed by atoms with E-state index in [0.717, 1.165) is 33.1 Å². The van der Waals surface area contributed by atoms with Crippen LogP contribution in [0.25, 0.3) is 21.3 Å². The van der Waals surface area contributed by atoms with Gasteiger partial charge < -0.3 is 10.8 Å². The first kappa shape index (κ1) is 21.4. The summed E-state index contributed by atoms with van der Waals surface area (Å²) in [5.41, 5.74) is 6.02. The predicted octanol–water partition coefficient (Wildman–Crippen LogP) is 5.48. The molecule has 0 amide bonds. The third-order valence-electron chi connectivity index (χ3n) is 5.36. The summed E-state index contributed by atoms with van der Waals surface area (Å²) in [5.74, 6) is 0. The molecular formula is C23H20F3N3OS. The van der Waals surface area contributed by atoms with Crippen LogP contribution in [0.1, 0.15) is 34.7 Å². The minimum absolute atomic E-state index is 0.264. The fraction of sp³-hybridized carbons (Fsp3) is 0.217. The van der Waals surface area contributed by atoms with Crippen molar-refractivity contribution in [2.75, 3.05) is 0 Å². The average Bonchev–Trinajstić information content (AvgIpc) is 3.17. The number of fused-ring (bicyclic) bond motifs is 1. The Morgan fingerprint density at radius 1 is 1.03 bits per heavy atom. The molecule has 0 saturated heterocycles. The van der Waals surface area contributed by atoms with E-state index in [4.69, 9.17) is 5.73 Å². The fourth-order valence-corrected chi connectivity index (χ4v) is 4.63. The van der Waals surface area contributed by atoms with Crippen molar-refractivity contribution in [3.8, 4) is 11.3 Å². The van der Waals surface area contributed by atoms with Crippen LogP contribution < -0.4 is 5.73 Å². The molecule has 0 fully saturated rings. The number of nitrogens with two attached hydrogens (primary N) is 1. The number of pyridine rings is 2. The zero-order valence-corrected chi connectivity index (χ0v) is 17.6. The molecule has 0 aliphatic rings. The minimum Gasteiger partial charge on any atom is -0.376 e. The van der Waals surface area contributed by atoms with Crippen LogP contribution >= 0.6 is 11.3 Å². The van der Waals surface area contributed by atoms with Gasteiger partial charge in [-0.15, -0.1) is 11.3 Å². The fourth-order valence-electron chi connectivity index (χ4n) is 3.44. The van der Waals surface area contributed by atoms with Crippen molar-refractivity contribution >= 4 is 21.4 Å². The van der Waals surface area contributed by atoms with E-state index in [2.05, 4.69) is 9.97 Å². The molecule has 160 valence electrons. The summed E-state index contributed by atoms with van der Waals surface area (Å²) in [4.78, 5) is 9.56. The van der Waals surface area contributed by atoms with Gasteiger partial charge in [0.25, 0.3) is 0 Å². The van der Waals surface area contributed by atoms with Gasteiger partial charge in [0, 0.05) is 27.5 Å². The summed E-state index contributed by atoms with van der Waals surface area (Å²) in [6.45, 7) is 2.69. The van der Waals surface area contributed by atoms with Crippen LogP contribution in [0.3, 0.4) is 0 Å². The Bertz CT molecular complexity index is 1250. The van der Waals surface area contributed by atoms with E-state index >= 15 is 0 Å². The summed E-state index contributed by atoms with van der Waals surface area (Å²) in [6.07, 6.45) is -1.83. The lowest BCUT2D eigenvalue weighted by Gasteiger charge is -2.26. The first-order valence-corrected chi connectivity index (χ1v) is 10.4. The predicted molar refractivity (Wildman–Crippen MR) is 116 cm³/mol. The standard InChI is InChI=1S/C23H20F3N3OS/c1-13-5-4-9-29-20(13)19(27)18-11-14-6-3-7-16(21(14)31-18)17-12-15(8-10-28-17)22(2,30)23(24,25)26/h3-12,19,30H,27H2,1-2H3/t19-,22+/m0/s1. The monoisotopic (exact) mass is 443 g/mol. The van der Waals surface area contributed by atoms with E-state index < -0.39 is 17.8 Å². The highest BCUT2D eigenvalue weighted by atomic mass is 32.1.